The zero-order valence-corrected chi connectivity index (χ0v) is 21.5. The number of aromatic nitrogens is 2. The van der Waals surface area contributed by atoms with Crippen molar-refractivity contribution in [1.29, 1.82) is 0 Å². The van der Waals surface area contributed by atoms with Crippen LogP contribution in [0.2, 0.25) is 0 Å². The van der Waals surface area contributed by atoms with E-state index in [1.165, 1.54) is 28.7 Å². The molecule has 0 bridgehead atoms. The minimum absolute atomic E-state index is 0.0333. The number of benzene rings is 2. The fourth-order valence-electron chi connectivity index (χ4n) is 4.31. The van der Waals surface area contributed by atoms with Gasteiger partial charge >= 0.3 is 5.56 Å². The van der Waals surface area contributed by atoms with Crippen molar-refractivity contribution in [3.05, 3.63) is 76.5 Å². The Morgan fingerprint density at radius 2 is 1.78 bits per heavy atom. The summed E-state index contributed by atoms with van der Waals surface area (Å²) in [6, 6.07) is 12.5. The Balaban J connectivity index is 1.36. The van der Waals surface area contributed by atoms with Crippen LogP contribution in [0.15, 0.2) is 59.5 Å². The number of piperazine rings is 1. The van der Waals surface area contributed by atoms with Gasteiger partial charge in [0.15, 0.2) is 0 Å². The molecule has 11 heteroatoms. The van der Waals surface area contributed by atoms with E-state index in [9.17, 15) is 17.6 Å². The lowest BCUT2D eigenvalue weighted by atomic mass is 10.2. The average molecular weight is 528 g/mol. The lowest BCUT2D eigenvalue weighted by Crippen LogP contribution is -2.49. The number of rotatable bonds is 8. The number of hydrogen-bond acceptors (Lipinski definition) is 7. The molecule has 196 valence electrons. The number of ether oxygens (including phenoxy) is 1. The Hall–Kier alpha value is -3.44. The van der Waals surface area contributed by atoms with Crippen LogP contribution in [-0.2, 0) is 15.8 Å². The highest BCUT2D eigenvalue weighted by atomic mass is 32.2. The minimum Gasteiger partial charge on any atom is -0.486 e. The normalized spacial score (nSPS) is 17.5. The van der Waals surface area contributed by atoms with Crippen LogP contribution >= 0.6 is 0 Å². The van der Waals surface area contributed by atoms with E-state index in [2.05, 4.69) is 12.0 Å². The molecule has 5 rings (SSSR count). The van der Waals surface area contributed by atoms with Gasteiger partial charge in [-0.15, -0.1) is 0 Å². The van der Waals surface area contributed by atoms with Crippen molar-refractivity contribution in [3.8, 4) is 11.4 Å². The quantitative estimate of drug-likeness (QED) is 0.449. The Labute approximate surface area is 215 Å². The first-order valence-electron chi connectivity index (χ1n) is 12.2. The lowest BCUT2D eigenvalue weighted by molar-refractivity contribution is 0.242. The van der Waals surface area contributed by atoms with Gasteiger partial charge < -0.3 is 15.4 Å². The smallest absolute Gasteiger partial charge is 0.316 e. The molecular weight excluding hydrogens is 497 g/mol. The molecule has 9 nitrogen and oxygen atoms in total. The maximum absolute atomic E-state index is 13.8. The van der Waals surface area contributed by atoms with Crippen LogP contribution in [0.1, 0.15) is 25.3 Å². The molecule has 3 aromatic rings. The van der Waals surface area contributed by atoms with Crippen LogP contribution in [0, 0.1) is 11.2 Å². The molecule has 1 aliphatic carbocycles. The number of anilines is 2. The van der Waals surface area contributed by atoms with Gasteiger partial charge in [0.1, 0.15) is 11.5 Å². The van der Waals surface area contributed by atoms with E-state index in [1.807, 2.05) is 4.90 Å². The lowest BCUT2D eigenvalue weighted by Gasteiger charge is -2.35. The SMILES string of the molecule is CC1(COc2c(N3CCN(S(=O)(=O)Cc4ccc(N)cc4)CC3)cnn(-c3cccc(F)c3)c2=O)CC1. The molecular formula is C26H30FN5O4S. The topological polar surface area (TPSA) is 111 Å². The second-order valence-corrected chi connectivity index (χ2v) is 12.0. The van der Waals surface area contributed by atoms with Crippen molar-refractivity contribution in [3.63, 3.8) is 0 Å². The predicted octanol–water partition coefficient (Wildman–Crippen LogP) is 2.78. The Bertz CT molecular complexity index is 1450. The van der Waals surface area contributed by atoms with Gasteiger partial charge in [0.25, 0.3) is 0 Å². The summed E-state index contributed by atoms with van der Waals surface area (Å²) in [5.74, 6) is -0.434. The second kappa shape index (κ2) is 9.79. The van der Waals surface area contributed by atoms with Gasteiger partial charge in [-0.2, -0.15) is 14.1 Å². The number of sulfonamides is 1. The van der Waals surface area contributed by atoms with Crippen molar-refractivity contribution in [2.75, 3.05) is 43.4 Å². The summed E-state index contributed by atoms with van der Waals surface area (Å²) in [6.45, 7) is 3.77. The Morgan fingerprint density at radius 3 is 2.43 bits per heavy atom. The highest BCUT2D eigenvalue weighted by Gasteiger charge is 2.39. The summed E-state index contributed by atoms with van der Waals surface area (Å²) in [6.07, 6.45) is 3.58. The van der Waals surface area contributed by atoms with Crippen LogP contribution in [0.25, 0.3) is 5.69 Å². The minimum atomic E-state index is -3.52. The molecule has 2 heterocycles. The van der Waals surface area contributed by atoms with Crippen LogP contribution in [0.4, 0.5) is 15.8 Å². The van der Waals surface area contributed by atoms with Crippen molar-refractivity contribution in [1.82, 2.24) is 14.1 Å². The number of hydrogen-bond donors (Lipinski definition) is 1. The zero-order chi connectivity index (χ0) is 26.2. The molecule has 2 aliphatic rings. The van der Waals surface area contributed by atoms with Gasteiger partial charge in [0.05, 0.1) is 24.2 Å². The van der Waals surface area contributed by atoms with E-state index >= 15 is 0 Å². The molecule has 0 unspecified atom stereocenters. The summed E-state index contributed by atoms with van der Waals surface area (Å²) in [5, 5.41) is 4.29. The summed E-state index contributed by atoms with van der Waals surface area (Å²) in [5.41, 5.74) is 7.32. The molecule has 1 saturated heterocycles. The highest BCUT2D eigenvalue weighted by molar-refractivity contribution is 7.88. The molecule has 1 aromatic heterocycles. The first-order valence-corrected chi connectivity index (χ1v) is 13.8. The maximum atomic E-state index is 13.8. The Kier molecular flexibility index (Phi) is 6.67. The summed E-state index contributed by atoms with van der Waals surface area (Å²) < 4.78 is 48.5. The van der Waals surface area contributed by atoms with Gasteiger partial charge in [-0.25, -0.2) is 12.8 Å². The van der Waals surface area contributed by atoms with E-state index in [1.54, 1.807) is 30.3 Å². The van der Waals surface area contributed by atoms with Crippen molar-refractivity contribution >= 4 is 21.4 Å². The molecule has 0 atom stereocenters. The highest BCUT2D eigenvalue weighted by Crippen LogP contribution is 2.45. The fourth-order valence-corrected chi connectivity index (χ4v) is 5.82. The summed E-state index contributed by atoms with van der Waals surface area (Å²) in [4.78, 5) is 15.4. The molecule has 2 N–H and O–H groups in total. The van der Waals surface area contributed by atoms with Crippen molar-refractivity contribution in [2.45, 2.75) is 25.5 Å². The molecule has 1 saturated carbocycles. The fraction of sp³-hybridized carbons (Fsp3) is 0.385. The first kappa shape index (κ1) is 25.2. The van der Waals surface area contributed by atoms with Gasteiger partial charge in [0, 0.05) is 37.3 Å². The third-order valence-corrected chi connectivity index (χ3v) is 8.79. The van der Waals surface area contributed by atoms with E-state index < -0.39 is 21.4 Å². The first-order chi connectivity index (χ1) is 17.6. The number of nitrogens with two attached hydrogens (primary N) is 1. The predicted molar refractivity (Wildman–Crippen MR) is 140 cm³/mol. The monoisotopic (exact) mass is 527 g/mol. The summed E-state index contributed by atoms with van der Waals surface area (Å²) >= 11 is 0. The Morgan fingerprint density at radius 1 is 1.08 bits per heavy atom. The second-order valence-electron chi connectivity index (χ2n) is 10.0. The number of nitrogen functional groups attached to an aromatic ring is 1. The van der Waals surface area contributed by atoms with E-state index in [0.29, 0.717) is 42.3 Å². The molecule has 2 aromatic carbocycles. The number of nitrogens with zero attached hydrogens (tertiary/aromatic N) is 4. The zero-order valence-electron chi connectivity index (χ0n) is 20.6. The van der Waals surface area contributed by atoms with Gasteiger partial charge in [0.2, 0.25) is 15.8 Å². The molecule has 0 amide bonds. The van der Waals surface area contributed by atoms with Crippen LogP contribution in [0.5, 0.6) is 5.75 Å². The van der Waals surface area contributed by atoms with Crippen molar-refractivity contribution < 1.29 is 17.5 Å². The van der Waals surface area contributed by atoms with Gasteiger partial charge in [-0.05, 0) is 48.7 Å². The maximum Gasteiger partial charge on any atom is 0.316 e. The number of halogens is 1. The van der Waals surface area contributed by atoms with Crippen LogP contribution < -0.4 is 20.9 Å². The third kappa shape index (κ3) is 5.62. The molecule has 37 heavy (non-hydrogen) atoms. The van der Waals surface area contributed by atoms with Crippen LogP contribution in [0.3, 0.4) is 0 Å². The van der Waals surface area contributed by atoms with Crippen molar-refractivity contribution in [2.24, 2.45) is 5.41 Å². The third-order valence-electron chi connectivity index (χ3n) is 6.94. The largest absolute Gasteiger partial charge is 0.486 e. The molecule has 2 fully saturated rings. The van der Waals surface area contributed by atoms with Gasteiger partial charge in [-0.1, -0.05) is 25.1 Å². The van der Waals surface area contributed by atoms with E-state index in [0.717, 1.165) is 17.5 Å². The molecule has 0 spiro atoms. The molecule has 1 aliphatic heterocycles. The molecule has 0 radical (unpaired) electrons. The van der Waals surface area contributed by atoms with Crippen LogP contribution in [-0.4, -0.2) is 55.3 Å². The average Bonchev–Trinajstić information content (AvgIpc) is 3.61. The standard InChI is InChI=1S/C26H30FN5O4S/c1-26(9-10-26)18-36-24-23(16-29-32(25(24)33)22-4-2-3-20(27)15-22)30-11-13-31(14-12-30)37(34,35)17-19-5-7-21(28)8-6-19/h2-8,15-16H,9-14,17-18,28H2,1H3. The van der Waals surface area contributed by atoms with Gasteiger partial charge in [-0.3, -0.25) is 4.79 Å². The van der Waals surface area contributed by atoms with E-state index in [4.69, 9.17) is 10.5 Å². The van der Waals surface area contributed by atoms with E-state index in [-0.39, 0.29) is 30.0 Å². The summed E-state index contributed by atoms with van der Waals surface area (Å²) in [7, 11) is -3.52.